The molecule has 0 heterocycles. The van der Waals surface area contributed by atoms with Crippen molar-refractivity contribution in [3.63, 3.8) is 0 Å². The summed E-state index contributed by atoms with van der Waals surface area (Å²) >= 11 is 0. The maximum Gasteiger partial charge on any atom is 0.157 e. The molecule has 0 aromatic heterocycles. The molecule has 0 saturated heterocycles. The Labute approximate surface area is 42.1 Å². The van der Waals surface area contributed by atoms with Gasteiger partial charge in [-0.2, -0.15) is 0 Å². The van der Waals surface area contributed by atoms with Crippen molar-refractivity contribution < 1.29 is 0 Å². The lowest BCUT2D eigenvalue weighted by Gasteiger charge is -2.16. The Bertz CT molecular complexity index is 79.4. The number of rotatable bonds is 1. The van der Waals surface area contributed by atoms with Crippen molar-refractivity contribution in [2.45, 2.75) is 5.79 Å². The third kappa shape index (κ3) is 2.16. The molecule has 0 aromatic carbocycles. The summed E-state index contributed by atoms with van der Waals surface area (Å²) in [7, 11) is 0. The van der Waals surface area contributed by atoms with Crippen LogP contribution in [0.5, 0.6) is 0 Å². The van der Waals surface area contributed by atoms with Gasteiger partial charge in [-0.1, -0.05) is 6.58 Å². The molecule has 8 N–H and O–H groups in total. The first-order valence-electron chi connectivity index (χ1n) is 1.76. The summed E-state index contributed by atoms with van der Waals surface area (Å²) in [6.07, 6.45) is 0. The van der Waals surface area contributed by atoms with E-state index in [1.807, 2.05) is 0 Å². The first-order chi connectivity index (χ1) is 2.94. The fourth-order valence-electron chi connectivity index (χ4n) is 0. The van der Waals surface area contributed by atoms with Crippen LogP contribution in [0.25, 0.3) is 0 Å². The van der Waals surface area contributed by atoms with Crippen LogP contribution in [0.4, 0.5) is 0 Å². The van der Waals surface area contributed by atoms with Gasteiger partial charge in [0, 0.05) is 0 Å². The first-order valence-corrected chi connectivity index (χ1v) is 1.76. The minimum absolute atomic E-state index is 0.0764. The van der Waals surface area contributed by atoms with Crippen molar-refractivity contribution in [1.82, 2.24) is 0 Å². The zero-order valence-corrected chi connectivity index (χ0v) is 4.02. The van der Waals surface area contributed by atoms with Crippen LogP contribution in [0.1, 0.15) is 0 Å². The number of hydrogen-bond acceptors (Lipinski definition) is 4. The van der Waals surface area contributed by atoms with Gasteiger partial charge in [0.05, 0.1) is 5.70 Å². The van der Waals surface area contributed by atoms with Gasteiger partial charge in [-0.15, -0.1) is 0 Å². The van der Waals surface area contributed by atoms with Crippen LogP contribution in [-0.2, 0) is 0 Å². The zero-order chi connectivity index (χ0) is 6.08. The Morgan fingerprint density at radius 2 is 1.43 bits per heavy atom. The van der Waals surface area contributed by atoms with Crippen LogP contribution < -0.4 is 22.9 Å². The van der Waals surface area contributed by atoms with Gasteiger partial charge in [-0.25, -0.2) is 0 Å². The summed E-state index contributed by atoms with van der Waals surface area (Å²) in [5.41, 5.74) is 20.1. The van der Waals surface area contributed by atoms with E-state index >= 15 is 0 Å². The SMILES string of the molecule is C=C(N)C(N)(N)N. The Morgan fingerprint density at radius 3 is 1.43 bits per heavy atom. The molecule has 0 rings (SSSR count). The normalized spacial score (nSPS) is 11.3. The molecule has 0 aliphatic carbocycles. The molecule has 0 unspecified atom stereocenters. The average Bonchev–Trinajstić information content (AvgIpc) is 1.31. The third-order valence-electron chi connectivity index (χ3n) is 0.556. The van der Waals surface area contributed by atoms with Crippen LogP contribution in [-0.4, -0.2) is 5.79 Å². The molecule has 0 atom stereocenters. The van der Waals surface area contributed by atoms with Gasteiger partial charge in [0.1, 0.15) is 0 Å². The summed E-state index contributed by atoms with van der Waals surface area (Å²) in [5, 5.41) is 0. The lowest BCUT2D eigenvalue weighted by Crippen LogP contribution is -2.61. The van der Waals surface area contributed by atoms with Gasteiger partial charge in [-0.05, 0) is 0 Å². The zero-order valence-electron chi connectivity index (χ0n) is 4.02. The van der Waals surface area contributed by atoms with Crippen molar-refractivity contribution in [2.24, 2.45) is 22.9 Å². The van der Waals surface area contributed by atoms with Gasteiger partial charge in [0.2, 0.25) is 0 Å². The molecule has 0 aliphatic rings. The highest BCUT2D eigenvalue weighted by Crippen LogP contribution is 1.83. The maximum atomic E-state index is 5.01. The molecular weight excluding hydrogens is 92.1 g/mol. The quantitative estimate of drug-likeness (QED) is 0.287. The predicted octanol–water partition coefficient (Wildman–Crippen LogP) is -2.01. The lowest BCUT2D eigenvalue weighted by molar-refractivity contribution is 0.541. The summed E-state index contributed by atoms with van der Waals surface area (Å²) in [6.45, 7) is 3.23. The number of nitrogens with two attached hydrogens (primary N) is 4. The van der Waals surface area contributed by atoms with Gasteiger partial charge < -0.3 is 5.73 Å². The van der Waals surface area contributed by atoms with E-state index in [0.29, 0.717) is 0 Å². The van der Waals surface area contributed by atoms with Crippen molar-refractivity contribution in [3.8, 4) is 0 Å². The second-order valence-electron chi connectivity index (χ2n) is 1.46. The van der Waals surface area contributed by atoms with Crippen molar-refractivity contribution in [2.75, 3.05) is 0 Å². The Hall–Kier alpha value is -0.580. The third-order valence-corrected chi connectivity index (χ3v) is 0.556. The summed E-state index contributed by atoms with van der Waals surface area (Å²) < 4.78 is 0. The molecule has 0 aromatic rings. The van der Waals surface area contributed by atoms with E-state index in [4.69, 9.17) is 22.9 Å². The van der Waals surface area contributed by atoms with Crippen LogP contribution >= 0.6 is 0 Å². The fourth-order valence-corrected chi connectivity index (χ4v) is 0. The van der Waals surface area contributed by atoms with Gasteiger partial charge in [0.25, 0.3) is 0 Å². The van der Waals surface area contributed by atoms with E-state index in [1.54, 1.807) is 0 Å². The van der Waals surface area contributed by atoms with E-state index in [2.05, 4.69) is 6.58 Å². The van der Waals surface area contributed by atoms with Crippen LogP contribution in [0, 0.1) is 0 Å². The Morgan fingerprint density at radius 1 is 1.29 bits per heavy atom. The fraction of sp³-hybridized carbons (Fsp3) is 0.333. The highest BCUT2D eigenvalue weighted by atomic mass is 15.1. The molecule has 4 nitrogen and oxygen atoms in total. The number of hydrogen-bond donors (Lipinski definition) is 4. The molecular formula is C3H10N4. The van der Waals surface area contributed by atoms with Crippen LogP contribution in [0.15, 0.2) is 12.3 Å². The molecule has 0 aliphatic heterocycles. The van der Waals surface area contributed by atoms with E-state index in [0.717, 1.165) is 0 Å². The van der Waals surface area contributed by atoms with E-state index in [9.17, 15) is 0 Å². The highest BCUT2D eigenvalue weighted by Gasteiger charge is 2.11. The largest absolute Gasteiger partial charge is 0.399 e. The van der Waals surface area contributed by atoms with Crippen molar-refractivity contribution >= 4 is 0 Å². The van der Waals surface area contributed by atoms with Gasteiger partial charge in [0.15, 0.2) is 5.79 Å². The molecule has 0 amide bonds. The van der Waals surface area contributed by atoms with Gasteiger partial charge in [-0.3, -0.25) is 17.2 Å². The standard InChI is InChI=1S/C3H10N4/c1-2(4)3(5,6)7/h1,4-7H2. The lowest BCUT2D eigenvalue weighted by atomic mass is 10.3. The molecule has 0 radical (unpaired) electrons. The Balaban J connectivity index is 3.79. The predicted molar refractivity (Wildman–Crippen MR) is 28.6 cm³/mol. The molecule has 0 fully saturated rings. The topological polar surface area (TPSA) is 104 Å². The second-order valence-corrected chi connectivity index (χ2v) is 1.46. The summed E-state index contributed by atoms with van der Waals surface area (Å²) in [4.78, 5) is 0. The molecule has 4 heteroatoms. The van der Waals surface area contributed by atoms with E-state index < -0.39 is 5.79 Å². The van der Waals surface area contributed by atoms with E-state index in [-0.39, 0.29) is 5.70 Å². The second kappa shape index (κ2) is 1.49. The minimum atomic E-state index is -1.42. The highest BCUT2D eigenvalue weighted by molar-refractivity contribution is 5.03. The average molecular weight is 102 g/mol. The monoisotopic (exact) mass is 102 g/mol. The van der Waals surface area contributed by atoms with Crippen molar-refractivity contribution in [1.29, 1.82) is 0 Å². The first kappa shape index (κ1) is 6.42. The summed E-state index contributed by atoms with van der Waals surface area (Å²) in [5.74, 6) is -1.42. The summed E-state index contributed by atoms with van der Waals surface area (Å²) in [6, 6.07) is 0. The van der Waals surface area contributed by atoms with Crippen LogP contribution in [0.2, 0.25) is 0 Å². The smallest absolute Gasteiger partial charge is 0.157 e. The minimum Gasteiger partial charge on any atom is -0.399 e. The maximum absolute atomic E-state index is 5.01. The molecule has 0 spiro atoms. The molecule has 42 valence electrons. The van der Waals surface area contributed by atoms with E-state index in [1.165, 1.54) is 0 Å². The molecule has 7 heavy (non-hydrogen) atoms. The molecule has 0 bridgehead atoms. The Kier molecular flexibility index (Phi) is 1.37. The van der Waals surface area contributed by atoms with Gasteiger partial charge >= 0.3 is 0 Å². The molecule has 0 saturated carbocycles. The van der Waals surface area contributed by atoms with Crippen molar-refractivity contribution in [3.05, 3.63) is 12.3 Å². The van der Waals surface area contributed by atoms with Crippen LogP contribution in [0.3, 0.4) is 0 Å².